The van der Waals surface area contributed by atoms with Crippen LogP contribution in [0.5, 0.6) is 0 Å². The van der Waals surface area contributed by atoms with Crippen molar-refractivity contribution in [1.82, 2.24) is 0 Å². The van der Waals surface area contributed by atoms with Crippen molar-refractivity contribution in [3.63, 3.8) is 0 Å². The number of rotatable bonds is 1. The molecule has 1 heteroatoms. The maximum absolute atomic E-state index is 4.98. The van der Waals surface area contributed by atoms with E-state index in [-0.39, 0.29) is 0 Å². The van der Waals surface area contributed by atoms with Crippen molar-refractivity contribution >= 4 is 0 Å². The van der Waals surface area contributed by atoms with E-state index in [2.05, 4.69) is 19.7 Å². The summed E-state index contributed by atoms with van der Waals surface area (Å²) in [7, 11) is 0. The van der Waals surface area contributed by atoms with E-state index >= 15 is 0 Å². The third-order valence-corrected chi connectivity index (χ3v) is 0.262. The van der Waals surface area contributed by atoms with Crippen LogP contribution in [0.1, 0.15) is 34.6 Å². The highest BCUT2D eigenvalue weighted by Gasteiger charge is 1.58. The summed E-state index contributed by atoms with van der Waals surface area (Å²) in [5, 5.41) is 0. The fourth-order valence-corrected chi connectivity index (χ4v) is 0. The summed E-state index contributed by atoms with van der Waals surface area (Å²) in [5.74, 6) is 0. The number of allylic oxidation sites excluding steroid dienone is 2. The van der Waals surface area contributed by atoms with E-state index in [9.17, 15) is 0 Å². The molecule has 0 aromatic carbocycles. The lowest BCUT2D eigenvalue weighted by Gasteiger charge is -1.74. The maximum atomic E-state index is 4.98. The van der Waals surface area contributed by atoms with Crippen molar-refractivity contribution < 1.29 is 0 Å². The average Bonchev–Trinajstić information content (AvgIpc) is 2.13. The largest absolute Gasteiger partial charge is 0.399 e. The minimum absolute atomic E-state index is 0.519. The van der Waals surface area contributed by atoms with Gasteiger partial charge in [0.15, 0.2) is 0 Å². The van der Waals surface area contributed by atoms with Gasteiger partial charge in [-0.25, -0.2) is 0 Å². The van der Waals surface area contributed by atoms with Crippen LogP contribution in [0.4, 0.5) is 0 Å². The molecule has 0 aliphatic heterocycles. The molecule has 0 rings (SSSR count). The molecule has 12 heavy (non-hydrogen) atoms. The van der Waals surface area contributed by atoms with Crippen molar-refractivity contribution in [2.45, 2.75) is 34.6 Å². The van der Waals surface area contributed by atoms with Crippen molar-refractivity contribution in [2.24, 2.45) is 5.73 Å². The summed E-state index contributed by atoms with van der Waals surface area (Å²) >= 11 is 0. The van der Waals surface area contributed by atoms with E-state index in [0.29, 0.717) is 5.70 Å². The molecular formula is C11H25N. The molecule has 0 spiro atoms. The SMILES string of the molecule is C=CC.C=CC(=C)N.CC.CC. The van der Waals surface area contributed by atoms with Crippen LogP contribution in [0.3, 0.4) is 0 Å². The molecule has 0 heterocycles. The number of hydrogen-bond donors (Lipinski definition) is 1. The monoisotopic (exact) mass is 171 g/mol. The molecular weight excluding hydrogens is 146 g/mol. The minimum Gasteiger partial charge on any atom is -0.399 e. The van der Waals surface area contributed by atoms with Gasteiger partial charge < -0.3 is 5.73 Å². The Hall–Kier alpha value is -0.980. The van der Waals surface area contributed by atoms with Gasteiger partial charge in [-0.1, -0.05) is 46.9 Å². The van der Waals surface area contributed by atoms with Crippen molar-refractivity contribution in [3.05, 3.63) is 37.6 Å². The lowest BCUT2D eigenvalue weighted by atomic mass is 10.5. The van der Waals surface area contributed by atoms with Crippen LogP contribution in [0.15, 0.2) is 37.6 Å². The highest BCUT2D eigenvalue weighted by molar-refractivity contribution is 5.04. The van der Waals surface area contributed by atoms with Crippen LogP contribution in [0, 0.1) is 0 Å². The van der Waals surface area contributed by atoms with Gasteiger partial charge in [0.2, 0.25) is 0 Å². The zero-order valence-corrected chi connectivity index (χ0v) is 9.35. The normalized spacial score (nSPS) is 4.75. The second-order valence-corrected chi connectivity index (χ2v) is 1.19. The molecule has 0 aromatic heterocycles. The highest BCUT2D eigenvalue weighted by Crippen LogP contribution is 1.69. The first-order valence-corrected chi connectivity index (χ1v) is 4.32. The van der Waals surface area contributed by atoms with Crippen LogP contribution >= 0.6 is 0 Å². The second-order valence-electron chi connectivity index (χ2n) is 1.19. The number of hydrogen-bond acceptors (Lipinski definition) is 1. The summed E-state index contributed by atoms with van der Waals surface area (Å²) in [6, 6.07) is 0. The molecule has 0 fully saturated rings. The smallest absolute Gasteiger partial charge is 0.0234 e. The molecule has 0 aromatic rings. The standard InChI is InChI=1S/C4H7N.C3H6.2C2H6/c1-3-4(2)5;1-3-2;2*1-2/h3H,1-2,5H2;3H,1H2,2H3;2*1-2H3. The summed E-state index contributed by atoms with van der Waals surface area (Å²) in [6.07, 6.45) is 3.25. The Kier molecular flexibility index (Phi) is 94.4. The predicted molar refractivity (Wildman–Crippen MR) is 62.1 cm³/mol. The van der Waals surface area contributed by atoms with Crippen LogP contribution in [0.2, 0.25) is 0 Å². The molecule has 0 bridgehead atoms. The van der Waals surface area contributed by atoms with Gasteiger partial charge in [-0.05, 0) is 13.0 Å². The Bertz CT molecular complexity index is 83.0. The number of nitrogens with two attached hydrogens (primary N) is 1. The Labute approximate surface area is 78.7 Å². The van der Waals surface area contributed by atoms with Gasteiger partial charge in [-0.3, -0.25) is 0 Å². The summed E-state index contributed by atoms with van der Waals surface area (Å²) in [6.45, 7) is 19.9. The van der Waals surface area contributed by atoms with Crippen molar-refractivity contribution in [2.75, 3.05) is 0 Å². The average molecular weight is 171 g/mol. The zero-order valence-electron chi connectivity index (χ0n) is 9.35. The summed E-state index contributed by atoms with van der Waals surface area (Å²) in [4.78, 5) is 0. The Morgan fingerprint density at radius 3 is 1.17 bits per heavy atom. The first-order valence-electron chi connectivity index (χ1n) is 4.32. The van der Waals surface area contributed by atoms with Crippen molar-refractivity contribution in [1.29, 1.82) is 0 Å². The molecule has 0 amide bonds. The molecule has 0 saturated carbocycles. The van der Waals surface area contributed by atoms with Gasteiger partial charge in [0, 0.05) is 5.70 Å². The third kappa shape index (κ3) is 558. The summed E-state index contributed by atoms with van der Waals surface area (Å²) in [5.41, 5.74) is 5.50. The molecule has 74 valence electrons. The van der Waals surface area contributed by atoms with Gasteiger partial charge >= 0.3 is 0 Å². The topological polar surface area (TPSA) is 26.0 Å². The van der Waals surface area contributed by atoms with E-state index in [1.807, 2.05) is 34.6 Å². The highest BCUT2D eigenvalue weighted by atomic mass is 14.5. The maximum Gasteiger partial charge on any atom is 0.0234 e. The predicted octanol–water partition coefficient (Wildman–Crippen LogP) is 3.89. The van der Waals surface area contributed by atoms with E-state index in [0.717, 1.165) is 0 Å². The lowest BCUT2D eigenvalue weighted by molar-refractivity contribution is 1.46. The van der Waals surface area contributed by atoms with Crippen LogP contribution in [0.25, 0.3) is 0 Å². The molecule has 0 saturated heterocycles. The van der Waals surface area contributed by atoms with E-state index in [4.69, 9.17) is 5.73 Å². The van der Waals surface area contributed by atoms with Crippen LogP contribution in [-0.2, 0) is 0 Å². The molecule has 0 aliphatic rings. The second kappa shape index (κ2) is 50.4. The fourth-order valence-electron chi connectivity index (χ4n) is 0. The van der Waals surface area contributed by atoms with E-state index in [1.165, 1.54) is 6.08 Å². The fraction of sp³-hybridized carbons (Fsp3) is 0.455. The van der Waals surface area contributed by atoms with E-state index < -0.39 is 0 Å². The summed E-state index contributed by atoms with van der Waals surface area (Å²) < 4.78 is 0. The molecule has 0 unspecified atom stereocenters. The third-order valence-electron chi connectivity index (χ3n) is 0.262. The molecule has 0 radical (unpaired) electrons. The Morgan fingerprint density at radius 1 is 1.08 bits per heavy atom. The quantitative estimate of drug-likeness (QED) is 0.470. The van der Waals surface area contributed by atoms with Gasteiger partial charge in [0.1, 0.15) is 0 Å². The van der Waals surface area contributed by atoms with Crippen LogP contribution in [-0.4, -0.2) is 0 Å². The first kappa shape index (κ1) is 22.5. The Morgan fingerprint density at radius 2 is 1.17 bits per heavy atom. The van der Waals surface area contributed by atoms with Gasteiger partial charge in [0.25, 0.3) is 0 Å². The van der Waals surface area contributed by atoms with Gasteiger partial charge in [-0.2, -0.15) is 0 Å². The van der Waals surface area contributed by atoms with Crippen LogP contribution < -0.4 is 5.73 Å². The Balaban J connectivity index is -0.0000000397. The molecule has 0 aliphatic carbocycles. The zero-order chi connectivity index (χ0) is 11.0. The van der Waals surface area contributed by atoms with Gasteiger partial charge in [0.05, 0.1) is 0 Å². The van der Waals surface area contributed by atoms with Gasteiger partial charge in [-0.15, -0.1) is 6.58 Å². The lowest BCUT2D eigenvalue weighted by Crippen LogP contribution is -1.86. The molecule has 0 atom stereocenters. The molecule has 1 nitrogen and oxygen atoms in total. The molecule has 2 N–H and O–H groups in total. The minimum atomic E-state index is 0.519. The van der Waals surface area contributed by atoms with Crippen molar-refractivity contribution in [3.8, 4) is 0 Å². The first-order chi connectivity index (χ1) is 5.68. The van der Waals surface area contributed by atoms with E-state index in [1.54, 1.807) is 6.08 Å².